The van der Waals surface area contributed by atoms with Gasteiger partial charge in [-0.05, 0) is 68.4 Å². The van der Waals surface area contributed by atoms with Crippen LogP contribution in [0.2, 0.25) is 0 Å². The summed E-state index contributed by atoms with van der Waals surface area (Å²) in [4.78, 5) is 17.3. The van der Waals surface area contributed by atoms with Crippen molar-refractivity contribution >= 4 is 27.3 Å². The number of nitrogens with one attached hydrogen (secondary N) is 1. The number of hydrogen-bond acceptors (Lipinski definition) is 6. The smallest absolute Gasteiger partial charge is 0.243 e. The Kier molecular flexibility index (Phi) is 7.99. The number of nitrogens with zero attached hydrogens (tertiary/aromatic N) is 3. The summed E-state index contributed by atoms with van der Waals surface area (Å²) in [6.45, 7) is 7.60. The molecule has 9 heteroatoms. The third kappa shape index (κ3) is 6.04. The van der Waals surface area contributed by atoms with Crippen molar-refractivity contribution in [2.75, 3.05) is 64.1 Å². The topological polar surface area (TPSA) is 82.2 Å². The Bertz CT molecular complexity index is 1060. The molecule has 0 saturated carbocycles. The molecule has 1 saturated heterocycles. The molecule has 0 atom stereocenters. The summed E-state index contributed by atoms with van der Waals surface area (Å²) in [5.41, 5.74) is 3.06. The lowest BCUT2D eigenvalue weighted by molar-refractivity contribution is -0.116. The van der Waals surface area contributed by atoms with Crippen LogP contribution in [0.3, 0.4) is 0 Å². The van der Waals surface area contributed by atoms with Gasteiger partial charge in [0.1, 0.15) is 5.75 Å². The van der Waals surface area contributed by atoms with Crippen molar-refractivity contribution in [2.45, 2.75) is 25.2 Å². The summed E-state index contributed by atoms with van der Waals surface area (Å²) < 4.78 is 32.6. The molecule has 1 amide bonds. The van der Waals surface area contributed by atoms with E-state index in [0.717, 1.165) is 31.9 Å². The highest BCUT2D eigenvalue weighted by molar-refractivity contribution is 7.89. The Labute approximate surface area is 197 Å². The predicted octanol–water partition coefficient (Wildman–Crippen LogP) is 2.71. The first-order valence-corrected chi connectivity index (χ1v) is 12.5. The highest BCUT2D eigenvalue weighted by atomic mass is 32.2. The Balaban J connectivity index is 1.57. The van der Waals surface area contributed by atoms with Gasteiger partial charge in [0.25, 0.3) is 0 Å². The molecule has 1 fully saturated rings. The van der Waals surface area contributed by atoms with Crippen molar-refractivity contribution in [3.63, 3.8) is 0 Å². The Morgan fingerprint density at radius 3 is 2.18 bits per heavy atom. The zero-order valence-electron chi connectivity index (χ0n) is 20.1. The lowest BCUT2D eigenvalue weighted by atomic mass is 10.1. The van der Waals surface area contributed by atoms with Crippen molar-refractivity contribution in [3.8, 4) is 5.75 Å². The first-order valence-electron chi connectivity index (χ1n) is 11.1. The van der Waals surface area contributed by atoms with Crippen LogP contribution in [0.25, 0.3) is 0 Å². The molecule has 8 nitrogen and oxygen atoms in total. The van der Waals surface area contributed by atoms with Crippen molar-refractivity contribution in [2.24, 2.45) is 0 Å². The molecule has 0 unspecified atom stereocenters. The van der Waals surface area contributed by atoms with Crippen molar-refractivity contribution in [1.82, 2.24) is 9.21 Å². The Morgan fingerprint density at radius 2 is 1.64 bits per heavy atom. The number of ether oxygens (including phenoxy) is 1. The highest BCUT2D eigenvalue weighted by Crippen LogP contribution is 2.28. The quantitative estimate of drug-likeness (QED) is 0.634. The second-order valence-electron chi connectivity index (χ2n) is 8.55. The second-order valence-corrected chi connectivity index (χ2v) is 10.5. The molecule has 0 bridgehead atoms. The number of piperazine rings is 1. The zero-order chi connectivity index (χ0) is 24.2. The van der Waals surface area contributed by atoms with Gasteiger partial charge < -0.3 is 19.9 Å². The molecule has 0 spiro atoms. The highest BCUT2D eigenvalue weighted by Gasteiger charge is 2.26. The molecule has 1 N–H and O–H groups in total. The molecule has 180 valence electrons. The van der Waals surface area contributed by atoms with Gasteiger partial charge in [-0.25, -0.2) is 12.7 Å². The van der Waals surface area contributed by atoms with Crippen LogP contribution in [0.5, 0.6) is 5.75 Å². The maximum atomic E-state index is 13.1. The van der Waals surface area contributed by atoms with Crippen LogP contribution in [-0.2, 0) is 14.8 Å². The molecule has 2 aromatic carbocycles. The molecule has 2 aromatic rings. The lowest BCUT2D eigenvalue weighted by Gasteiger charge is -2.34. The molecule has 0 aliphatic carbocycles. The lowest BCUT2D eigenvalue weighted by Crippen LogP contribution is -2.44. The zero-order valence-corrected chi connectivity index (χ0v) is 20.9. The van der Waals surface area contributed by atoms with Crippen LogP contribution in [0, 0.1) is 13.8 Å². The molecule has 1 aliphatic rings. The van der Waals surface area contributed by atoms with Crippen LogP contribution < -0.4 is 15.0 Å². The van der Waals surface area contributed by atoms with Crippen LogP contribution >= 0.6 is 0 Å². The summed E-state index contributed by atoms with van der Waals surface area (Å²) in [6.07, 6.45) is 0.0597. The third-order valence-corrected chi connectivity index (χ3v) is 8.17. The third-order valence-electron chi connectivity index (χ3n) is 6.01. The van der Waals surface area contributed by atoms with Crippen LogP contribution in [0.1, 0.15) is 17.5 Å². The minimum atomic E-state index is -3.73. The van der Waals surface area contributed by atoms with Crippen LogP contribution in [0.15, 0.2) is 41.3 Å². The van der Waals surface area contributed by atoms with E-state index in [1.165, 1.54) is 11.4 Å². The number of anilines is 2. The van der Waals surface area contributed by atoms with E-state index in [0.29, 0.717) is 22.6 Å². The maximum absolute atomic E-state index is 13.1. The van der Waals surface area contributed by atoms with Gasteiger partial charge in [-0.2, -0.15) is 0 Å². The number of amides is 1. The van der Waals surface area contributed by atoms with E-state index in [1.807, 2.05) is 24.3 Å². The first-order chi connectivity index (χ1) is 15.6. The fourth-order valence-corrected chi connectivity index (χ4v) is 5.59. The van der Waals surface area contributed by atoms with Crippen LogP contribution in [-0.4, -0.2) is 77.5 Å². The summed E-state index contributed by atoms with van der Waals surface area (Å²) in [5.74, 6) is 0.386. The van der Waals surface area contributed by atoms with E-state index in [1.54, 1.807) is 33.1 Å². The minimum absolute atomic E-state index is 0.0597. The number of benzene rings is 2. The minimum Gasteiger partial charge on any atom is -0.497 e. The van der Waals surface area contributed by atoms with Gasteiger partial charge in [-0.15, -0.1) is 0 Å². The molecule has 3 rings (SSSR count). The number of carbonyl (C=O) groups excluding carboxylic acids is 1. The number of likely N-dealkylation sites (N-methyl/N-ethyl adjacent to an activating group) is 1. The van der Waals surface area contributed by atoms with Gasteiger partial charge in [0.15, 0.2) is 0 Å². The molecule has 1 aliphatic heterocycles. The number of sulfonamides is 1. The normalized spacial score (nSPS) is 15.0. The van der Waals surface area contributed by atoms with Gasteiger partial charge >= 0.3 is 0 Å². The first kappa shape index (κ1) is 25.0. The van der Waals surface area contributed by atoms with Gasteiger partial charge in [-0.1, -0.05) is 0 Å². The average Bonchev–Trinajstić information content (AvgIpc) is 2.77. The molecule has 0 aromatic heterocycles. The fourth-order valence-electron chi connectivity index (χ4n) is 4.01. The summed E-state index contributed by atoms with van der Waals surface area (Å²) in [6, 6.07) is 11.2. The van der Waals surface area contributed by atoms with E-state index in [4.69, 9.17) is 4.74 Å². The average molecular weight is 475 g/mol. The van der Waals surface area contributed by atoms with E-state index in [2.05, 4.69) is 22.2 Å². The fraction of sp³-hybridized carbons (Fsp3) is 0.458. The number of hydrogen-bond donors (Lipinski definition) is 1. The molecule has 0 radical (unpaired) electrons. The Morgan fingerprint density at radius 1 is 1.06 bits per heavy atom. The molecule has 33 heavy (non-hydrogen) atoms. The van der Waals surface area contributed by atoms with E-state index in [-0.39, 0.29) is 23.8 Å². The van der Waals surface area contributed by atoms with Crippen molar-refractivity contribution < 1.29 is 17.9 Å². The van der Waals surface area contributed by atoms with Gasteiger partial charge in [-0.3, -0.25) is 4.79 Å². The maximum Gasteiger partial charge on any atom is 0.243 e. The van der Waals surface area contributed by atoms with Gasteiger partial charge in [0, 0.05) is 57.6 Å². The van der Waals surface area contributed by atoms with Gasteiger partial charge in [0.2, 0.25) is 15.9 Å². The van der Waals surface area contributed by atoms with E-state index >= 15 is 0 Å². The summed E-state index contributed by atoms with van der Waals surface area (Å²) >= 11 is 0. The number of aryl methyl sites for hydroxylation is 2. The predicted molar refractivity (Wildman–Crippen MR) is 132 cm³/mol. The van der Waals surface area contributed by atoms with Crippen molar-refractivity contribution in [3.05, 3.63) is 47.5 Å². The number of rotatable bonds is 8. The van der Waals surface area contributed by atoms with Crippen LogP contribution in [0.4, 0.5) is 11.4 Å². The standard InChI is InChI=1S/C24H34N4O4S/c1-18-16-22(32-5)17-19(2)24(18)33(30,31)27(4)11-10-23(29)25-20-6-8-21(9-7-20)28-14-12-26(3)13-15-28/h6-9,16-17H,10-15H2,1-5H3,(H,25,29). The monoisotopic (exact) mass is 474 g/mol. The number of carbonyl (C=O) groups is 1. The summed E-state index contributed by atoms with van der Waals surface area (Å²) in [7, 11) is 1.44. The largest absolute Gasteiger partial charge is 0.497 e. The summed E-state index contributed by atoms with van der Waals surface area (Å²) in [5, 5.41) is 2.86. The number of methoxy groups -OCH3 is 1. The molecule has 1 heterocycles. The Hall–Kier alpha value is -2.62. The second kappa shape index (κ2) is 10.5. The SMILES string of the molecule is COc1cc(C)c(S(=O)(=O)N(C)CCC(=O)Nc2ccc(N3CCN(C)CC3)cc2)c(C)c1. The van der Waals surface area contributed by atoms with E-state index in [9.17, 15) is 13.2 Å². The van der Waals surface area contributed by atoms with E-state index < -0.39 is 10.0 Å². The molecular weight excluding hydrogens is 440 g/mol. The van der Waals surface area contributed by atoms with Gasteiger partial charge in [0.05, 0.1) is 12.0 Å². The van der Waals surface area contributed by atoms with Crippen molar-refractivity contribution in [1.29, 1.82) is 0 Å². The molecular formula is C24H34N4O4S.